The molecule has 96 valence electrons. The van der Waals surface area contributed by atoms with Gasteiger partial charge in [0.2, 0.25) is 0 Å². The minimum atomic E-state index is -0.115. The van der Waals surface area contributed by atoms with Crippen molar-refractivity contribution in [3.8, 4) is 0 Å². The summed E-state index contributed by atoms with van der Waals surface area (Å²) < 4.78 is 12.1. The lowest BCUT2D eigenvalue weighted by atomic mass is 9.87. The fourth-order valence-corrected chi connectivity index (χ4v) is 2.49. The molecule has 0 aliphatic carbocycles. The van der Waals surface area contributed by atoms with E-state index in [1.54, 1.807) is 0 Å². The van der Waals surface area contributed by atoms with Crippen LogP contribution in [0, 0.1) is 0 Å². The molecule has 1 aliphatic heterocycles. The smallest absolute Gasteiger partial charge is 0.401 e. The maximum atomic E-state index is 6.04. The van der Waals surface area contributed by atoms with Crippen molar-refractivity contribution in [1.29, 1.82) is 0 Å². The first kappa shape index (κ1) is 12.5. The van der Waals surface area contributed by atoms with Gasteiger partial charge in [-0.15, -0.1) is 0 Å². The van der Waals surface area contributed by atoms with Crippen LogP contribution < -0.4 is 0 Å². The Hall–Kier alpha value is -1.58. The van der Waals surface area contributed by atoms with Crippen molar-refractivity contribution >= 4 is 7.12 Å². The second-order valence-corrected chi connectivity index (χ2v) is 4.77. The van der Waals surface area contributed by atoms with Crippen molar-refractivity contribution in [2.75, 3.05) is 0 Å². The van der Waals surface area contributed by atoms with Crippen LogP contribution in [0.4, 0.5) is 0 Å². The van der Waals surface area contributed by atoms with E-state index in [0.717, 1.165) is 6.32 Å². The average molecular weight is 252 g/mol. The highest BCUT2D eigenvalue weighted by Gasteiger charge is 2.39. The maximum Gasteiger partial charge on any atom is 0.457 e. The monoisotopic (exact) mass is 252 g/mol. The first-order valence-electron chi connectivity index (χ1n) is 6.79. The molecule has 0 N–H and O–H groups in total. The Morgan fingerprint density at radius 3 is 1.58 bits per heavy atom. The van der Waals surface area contributed by atoms with Crippen molar-refractivity contribution in [2.45, 2.75) is 25.5 Å². The molecule has 0 radical (unpaired) electrons. The Morgan fingerprint density at radius 2 is 1.21 bits per heavy atom. The van der Waals surface area contributed by atoms with Crippen molar-refractivity contribution in [1.82, 2.24) is 0 Å². The van der Waals surface area contributed by atoms with Gasteiger partial charge in [0.1, 0.15) is 0 Å². The van der Waals surface area contributed by atoms with Crippen molar-refractivity contribution in [2.24, 2.45) is 0 Å². The van der Waals surface area contributed by atoms with Gasteiger partial charge < -0.3 is 9.31 Å². The Balaban J connectivity index is 1.92. The molecule has 0 spiro atoms. The van der Waals surface area contributed by atoms with Crippen molar-refractivity contribution in [3.05, 3.63) is 71.8 Å². The van der Waals surface area contributed by atoms with Gasteiger partial charge in [0.05, 0.1) is 12.2 Å². The van der Waals surface area contributed by atoms with Crippen LogP contribution in [0.25, 0.3) is 0 Å². The van der Waals surface area contributed by atoms with Gasteiger partial charge in [0.25, 0.3) is 0 Å². The molecule has 2 unspecified atom stereocenters. The molecule has 0 aromatic heterocycles. The van der Waals surface area contributed by atoms with Crippen LogP contribution in [0.15, 0.2) is 60.7 Å². The zero-order valence-corrected chi connectivity index (χ0v) is 11.0. The molecule has 3 rings (SSSR count). The lowest BCUT2D eigenvalue weighted by Gasteiger charge is -2.19. The van der Waals surface area contributed by atoms with E-state index < -0.39 is 0 Å². The Bertz CT molecular complexity index is 467. The molecule has 1 aliphatic rings. The number of hydrogen-bond donors (Lipinski definition) is 0. The molecule has 2 atom stereocenters. The van der Waals surface area contributed by atoms with Gasteiger partial charge in [0.15, 0.2) is 0 Å². The van der Waals surface area contributed by atoms with Gasteiger partial charge in [-0.05, 0) is 17.4 Å². The van der Waals surface area contributed by atoms with E-state index in [0.29, 0.717) is 0 Å². The topological polar surface area (TPSA) is 18.5 Å². The van der Waals surface area contributed by atoms with Gasteiger partial charge in [-0.2, -0.15) is 0 Å². The standard InChI is InChI=1S/C16H17BO2/c1-2-17-18-15(13-9-5-3-6-10-13)16(19-17)14-11-7-4-8-12-14/h3-12,15-16H,2H2,1H3. The fraction of sp³-hybridized carbons (Fsp3) is 0.250. The van der Waals surface area contributed by atoms with Crippen molar-refractivity contribution in [3.63, 3.8) is 0 Å². The summed E-state index contributed by atoms with van der Waals surface area (Å²) in [7, 11) is -0.115. The molecule has 1 fully saturated rings. The van der Waals surface area contributed by atoms with E-state index in [9.17, 15) is 0 Å². The lowest BCUT2D eigenvalue weighted by Crippen LogP contribution is -2.11. The SMILES string of the molecule is CCB1OC(c2ccccc2)C(c2ccccc2)O1. The summed E-state index contributed by atoms with van der Waals surface area (Å²) in [4.78, 5) is 0. The Labute approximate surface area is 114 Å². The van der Waals surface area contributed by atoms with Crippen LogP contribution in [0.5, 0.6) is 0 Å². The lowest BCUT2D eigenvalue weighted by molar-refractivity contribution is 0.159. The van der Waals surface area contributed by atoms with E-state index >= 15 is 0 Å². The summed E-state index contributed by atoms with van der Waals surface area (Å²) in [6, 6.07) is 20.6. The average Bonchev–Trinajstić information content (AvgIpc) is 2.93. The zero-order chi connectivity index (χ0) is 13.1. The summed E-state index contributed by atoms with van der Waals surface area (Å²) >= 11 is 0. The third kappa shape index (κ3) is 2.58. The Morgan fingerprint density at radius 1 is 0.789 bits per heavy atom. The van der Waals surface area contributed by atoms with Crippen LogP contribution in [0.3, 0.4) is 0 Å². The van der Waals surface area contributed by atoms with Crippen LogP contribution in [-0.4, -0.2) is 7.12 Å². The molecule has 2 nitrogen and oxygen atoms in total. The van der Waals surface area contributed by atoms with Gasteiger partial charge in [-0.25, -0.2) is 0 Å². The first-order chi connectivity index (χ1) is 9.38. The van der Waals surface area contributed by atoms with Crippen molar-refractivity contribution < 1.29 is 9.31 Å². The molecule has 3 heteroatoms. The molecular weight excluding hydrogens is 235 g/mol. The highest BCUT2D eigenvalue weighted by molar-refractivity contribution is 6.45. The predicted octanol–water partition coefficient (Wildman–Crippen LogP) is 4.02. The molecule has 1 heterocycles. The van der Waals surface area contributed by atoms with Crippen LogP contribution in [-0.2, 0) is 9.31 Å². The summed E-state index contributed by atoms with van der Waals surface area (Å²) in [5.74, 6) is 0. The van der Waals surface area contributed by atoms with Gasteiger partial charge in [-0.3, -0.25) is 0 Å². The number of hydrogen-bond acceptors (Lipinski definition) is 2. The van der Waals surface area contributed by atoms with E-state index in [4.69, 9.17) is 9.31 Å². The molecule has 2 aromatic rings. The first-order valence-corrected chi connectivity index (χ1v) is 6.79. The Kier molecular flexibility index (Phi) is 3.67. The summed E-state index contributed by atoms with van der Waals surface area (Å²) in [6.07, 6.45) is 0.828. The maximum absolute atomic E-state index is 6.04. The highest BCUT2D eigenvalue weighted by atomic mass is 16.7. The quantitative estimate of drug-likeness (QED) is 0.768. The minimum absolute atomic E-state index is 0.0199. The molecule has 1 saturated heterocycles. The molecule has 0 amide bonds. The van der Waals surface area contributed by atoms with E-state index in [-0.39, 0.29) is 19.3 Å². The number of benzene rings is 2. The second kappa shape index (κ2) is 5.60. The molecule has 0 bridgehead atoms. The summed E-state index contributed by atoms with van der Waals surface area (Å²) in [5.41, 5.74) is 2.35. The van der Waals surface area contributed by atoms with Crippen LogP contribution in [0.2, 0.25) is 6.32 Å². The van der Waals surface area contributed by atoms with Crippen LogP contribution >= 0.6 is 0 Å². The largest absolute Gasteiger partial charge is 0.457 e. The van der Waals surface area contributed by atoms with E-state index in [2.05, 4.69) is 31.2 Å². The normalized spacial score (nSPS) is 22.7. The fourth-order valence-electron chi connectivity index (χ4n) is 2.49. The molecule has 0 saturated carbocycles. The van der Waals surface area contributed by atoms with Gasteiger partial charge in [-0.1, -0.05) is 67.6 Å². The third-order valence-corrected chi connectivity index (χ3v) is 3.46. The van der Waals surface area contributed by atoms with E-state index in [1.807, 2.05) is 36.4 Å². The second-order valence-electron chi connectivity index (χ2n) is 4.77. The molecule has 19 heavy (non-hydrogen) atoms. The third-order valence-electron chi connectivity index (χ3n) is 3.46. The molecule has 2 aromatic carbocycles. The van der Waals surface area contributed by atoms with Crippen LogP contribution in [0.1, 0.15) is 30.3 Å². The van der Waals surface area contributed by atoms with Gasteiger partial charge >= 0.3 is 7.12 Å². The summed E-state index contributed by atoms with van der Waals surface area (Å²) in [5, 5.41) is 0. The minimum Gasteiger partial charge on any atom is -0.401 e. The summed E-state index contributed by atoms with van der Waals surface area (Å²) in [6.45, 7) is 2.08. The zero-order valence-electron chi connectivity index (χ0n) is 11.0. The predicted molar refractivity (Wildman–Crippen MR) is 76.8 cm³/mol. The molecular formula is C16H17BO2. The highest BCUT2D eigenvalue weighted by Crippen LogP contribution is 2.41. The van der Waals surface area contributed by atoms with Gasteiger partial charge in [0, 0.05) is 0 Å². The number of rotatable bonds is 3. The van der Waals surface area contributed by atoms with E-state index in [1.165, 1.54) is 11.1 Å².